The summed E-state index contributed by atoms with van der Waals surface area (Å²) in [4.78, 5) is 12.8. The number of aromatic nitrogens is 2. The van der Waals surface area contributed by atoms with Crippen molar-refractivity contribution in [2.24, 2.45) is 0 Å². The SMILES string of the molecule is Cc1nnsc1C(=O)NCC1(c2ccsc2)CCCC1. The fourth-order valence-corrected chi connectivity index (χ4v) is 4.31. The highest BCUT2D eigenvalue weighted by Gasteiger charge is 2.36. The van der Waals surface area contributed by atoms with Gasteiger partial charge in [-0.1, -0.05) is 17.3 Å². The van der Waals surface area contributed by atoms with Crippen LogP contribution in [0.5, 0.6) is 0 Å². The van der Waals surface area contributed by atoms with Gasteiger partial charge in [-0.2, -0.15) is 11.3 Å². The minimum atomic E-state index is -0.0426. The molecule has 0 atom stereocenters. The first-order valence-electron chi connectivity index (χ1n) is 6.81. The molecule has 0 spiro atoms. The van der Waals surface area contributed by atoms with Gasteiger partial charge in [0.2, 0.25) is 0 Å². The van der Waals surface area contributed by atoms with E-state index in [1.807, 2.05) is 6.92 Å². The monoisotopic (exact) mass is 307 g/mol. The van der Waals surface area contributed by atoms with Gasteiger partial charge in [0, 0.05) is 12.0 Å². The first-order valence-corrected chi connectivity index (χ1v) is 8.53. The van der Waals surface area contributed by atoms with Crippen molar-refractivity contribution in [1.82, 2.24) is 14.9 Å². The molecule has 6 heteroatoms. The maximum atomic E-state index is 12.2. The second-order valence-corrected chi connectivity index (χ2v) is 6.90. The fraction of sp³-hybridized carbons (Fsp3) is 0.500. The Hall–Kier alpha value is -1.27. The van der Waals surface area contributed by atoms with Gasteiger partial charge in [-0.3, -0.25) is 4.79 Å². The third-order valence-corrected chi connectivity index (χ3v) is 5.65. The molecule has 1 fully saturated rings. The minimum absolute atomic E-state index is 0.0426. The summed E-state index contributed by atoms with van der Waals surface area (Å²) in [6, 6.07) is 2.20. The lowest BCUT2D eigenvalue weighted by molar-refractivity contribution is 0.0946. The van der Waals surface area contributed by atoms with E-state index < -0.39 is 0 Å². The molecular weight excluding hydrogens is 290 g/mol. The van der Waals surface area contributed by atoms with E-state index in [1.54, 1.807) is 11.3 Å². The highest BCUT2D eigenvalue weighted by Crippen LogP contribution is 2.41. The first-order chi connectivity index (χ1) is 9.71. The van der Waals surface area contributed by atoms with E-state index in [0.29, 0.717) is 17.1 Å². The zero-order chi connectivity index (χ0) is 14.0. The molecule has 0 unspecified atom stereocenters. The highest BCUT2D eigenvalue weighted by molar-refractivity contribution is 7.08. The van der Waals surface area contributed by atoms with Crippen LogP contribution in [0.15, 0.2) is 16.8 Å². The Bertz CT molecular complexity index is 585. The Morgan fingerprint density at radius 3 is 2.85 bits per heavy atom. The van der Waals surface area contributed by atoms with E-state index in [9.17, 15) is 4.79 Å². The number of hydrogen-bond donors (Lipinski definition) is 1. The molecule has 0 saturated heterocycles. The zero-order valence-corrected chi connectivity index (χ0v) is 13.0. The Morgan fingerprint density at radius 2 is 2.25 bits per heavy atom. The minimum Gasteiger partial charge on any atom is -0.350 e. The van der Waals surface area contributed by atoms with E-state index in [0.717, 1.165) is 12.8 Å². The highest BCUT2D eigenvalue weighted by atomic mass is 32.1. The van der Waals surface area contributed by atoms with Gasteiger partial charge in [0.25, 0.3) is 5.91 Å². The second-order valence-electron chi connectivity index (χ2n) is 5.37. The van der Waals surface area contributed by atoms with Crippen LogP contribution in [0, 0.1) is 6.92 Å². The summed E-state index contributed by atoms with van der Waals surface area (Å²) in [6.45, 7) is 2.53. The zero-order valence-electron chi connectivity index (χ0n) is 11.4. The number of nitrogens with one attached hydrogen (secondary N) is 1. The maximum Gasteiger partial charge on any atom is 0.264 e. The molecule has 106 valence electrons. The molecule has 0 bridgehead atoms. The lowest BCUT2D eigenvalue weighted by atomic mass is 9.80. The van der Waals surface area contributed by atoms with Crippen molar-refractivity contribution in [2.45, 2.75) is 38.0 Å². The summed E-state index contributed by atoms with van der Waals surface area (Å²) in [5, 5.41) is 11.3. The summed E-state index contributed by atoms with van der Waals surface area (Å²) in [5.41, 5.74) is 2.21. The number of amides is 1. The maximum absolute atomic E-state index is 12.2. The van der Waals surface area contributed by atoms with Crippen molar-refractivity contribution >= 4 is 28.8 Å². The van der Waals surface area contributed by atoms with Crippen LogP contribution < -0.4 is 5.32 Å². The molecule has 2 aromatic rings. The molecule has 0 aromatic carbocycles. The Morgan fingerprint density at radius 1 is 1.45 bits per heavy atom. The third-order valence-electron chi connectivity index (χ3n) is 4.14. The van der Waals surface area contributed by atoms with Gasteiger partial charge in [0.15, 0.2) is 0 Å². The molecule has 1 amide bonds. The Kier molecular flexibility index (Phi) is 3.85. The van der Waals surface area contributed by atoms with Crippen molar-refractivity contribution in [2.75, 3.05) is 6.54 Å². The van der Waals surface area contributed by atoms with E-state index in [1.165, 1.54) is 29.9 Å². The van der Waals surface area contributed by atoms with Crippen molar-refractivity contribution in [1.29, 1.82) is 0 Å². The molecule has 3 rings (SSSR count). The van der Waals surface area contributed by atoms with Gasteiger partial charge >= 0.3 is 0 Å². The van der Waals surface area contributed by atoms with Gasteiger partial charge in [-0.25, -0.2) is 0 Å². The topological polar surface area (TPSA) is 54.9 Å². The predicted molar refractivity (Wildman–Crippen MR) is 81.4 cm³/mol. The molecule has 1 N–H and O–H groups in total. The van der Waals surface area contributed by atoms with Crippen LogP contribution in [-0.4, -0.2) is 22.0 Å². The van der Waals surface area contributed by atoms with Crippen LogP contribution in [0.25, 0.3) is 0 Å². The van der Waals surface area contributed by atoms with Crippen LogP contribution in [0.1, 0.15) is 46.6 Å². The second kappa shape index (κ2) is 5.61. The summed E-state index contributed by atoms with van der Waals surface area (Å²) >= 11 is 2.89. The first kappa shape index (κ1) is 13.7. The molecule has 0 radical (unpaired) electrons. The summed E-state index contributed by atoms with van der Waals surface area (Å²) < 4.78 is 3.82. The molecule has 2 aromatic heterocycles. The molecular formula is C14H17N3OS2. The number of carbonyl (C=O) groups is 1. The van der Waals surface area contributed by atoms with Crippen LogP contribution in [0.4, 0.5) is 0 Å². The number of carbonyl (C=O) groups excluding carboxylic acids is 1. The summed E-state index contributed by atoms with van der Waals surface area (Å²) in [5.74, 6) is -0.0426. The molecule has 1 aliphatic rings. The lowest BCUT2D eigenvalue weighted by Gasteiger charge is -2.28. The lowest BCUT2D eigenvalue weighted by Crippen LogP contribution is -2.38. The molecule has 1 aliphatic carbocycles. The number of rotatable bonds is 4. The third kappa shape index (κ3) is 2.50. The number of aryl methyl sites for hydroxylation is 1. The van der Waals surface area contributed by atoms with Gasteiger partial charge in [0.05, 0.1) is 5.69 Å². The van der Waals surface area contributed by atoms with E-state index in [-0.39, 0.29) is 11.3 Å². The van der Waals surface area contributed by atoms with Gasteiger partial charge in [-0.15, -0.1) is 5.10 Å². The quantitative estimate of drug-likeness (QED) is 0.944. The van der Waals surface area contributed by atoms with Gasteiger partial charge in [0.1, 0.15) is 4.88 Å². The molecule has 1 saturated carbocycles. The average Bonchev–Trinajstić information content (AvgIpc) is 3.17. The Balaban J connectivity index is 1.73. The standard InChI is InChI=1S/C14H17N3OS2/c1-10-12(20-17-16-10)13(18)15-9-14(5-2-3-6-14)11-4-7-19-8-11/h4,7-8H,2-3,5-6,9H2,1H3,(H,15,18). The largest absolute Gasteiger partial charge is 0.350 e. The van der Waals surface area contributed by atoms with E-state index >= 15 is 0 Å². The smallest absolute Gasteiger partial charge is 0.264 e. The van der Waals surface area contributed by atoms with E-state index in [2.05, 4.69) is 31.7 Å². The van der Waals surface area contributed by atoms with E-state index in [4.69, 9.17) is 0 Å². The van der Waals surface area contributed by atoms with Crippen molar-refractivity contribution in [3.63, 3.8) is 0 Å². The number of thiophene rings is 1. The normalized spacial score (nSPS) is 17.2. The Labute approximate surface area is 126 Å². The van der Waals surface area contributed by atoms with Gasteiger partial charge in [-0.05, 0) is 53.7 Å². The molecule has 0 aliphatic heterocycles. The predicted octanol–water partition coefficient (Wildman–Crippen LogP) is 3.15. The molecule has 20 heavy (non-hydrogen) atoms. The number of nitrogens with zero attached hydrogens (tertiary/aromatic N) is 2. The van der Waals surface area contributed by atoms with Crippen molar-refractivity contribution in [3.8, 4) is 0 Å². The summed E-state index contributed by atoms with van der Waals surface area (Å²) in [7, 11) is 0. The van der Waals surface area contributed by atoms with Crippen LogP contribution in [0.2, 0.25) is 0 Å². The average molecular weight is 307 g/mol. The van der Waals surface area contributed by atoms with Crippen molar-refractivity contribution < 1.29 is 4.79 Å². The molecule has 2 heterocycles. The van der Waals surface area contributed by atoms with Crippen LogP contribution in [0.3, 0.4) is 0 Å². The number of hydrogen-bond acceptors (Lipinski definition) is 5. The van der Waals surface area contributed by atoms with Gasteiger partial charge < -0.3 is 5.32 Å². The summed E-state index contributed by atoms with van der Waals surface area (Å²) in [6.07, 6.45) is 4.80. The van der Waals surface area contributed by atoms with Crippen LogP contribution >= 0.6 is 22.9 Å². The van der Waals surface area contributed by atoms with Crippen molar-refractivity contribution in [3.05, 3.63) is 33.0 Å². The molecule has 4 nitrogen and oxygen atoms in total. The fourth-order valence-electron chi connectivity index (χ4n) is 2.95. The van der Waals surface area contributed by atoms with Crippen LogP contribution in [-0.2, 0) is 5.41 Å².